The van der Waals surface area contributed by atoms with Crippen molar-refractivity contribution in [2.75, 3.05) is 11.9 Å². The van der Waals surface area contributed by atoms with Gasteiger partial charge < -0.3 is 11.1 Å². The van der Waals surface area contributed by atoms with E-state index in [4.69, 9.17) is 5.73 Å². The molecule has 0 saturated heterocycles. The number of hydrogen-bond donors (Lipinski definition) is 3. The summed E-state index contributed by atoms with van der Waals surface area (Å²) in [4.78, 5) is 21.7. The molecular formula is C9H10N2O2S. The van der Waals surface area contributed by atoms with Gasteiger partial charge in [0.05, 0.1) is 6.54 Å². The molecule has 5 heteroatoms. The van der Waals surface area contributed by atoms with Gasteiger partial charge >= 0.3 is 0 Å². The number of carbonyl (C=O) groups is 2. The summed E-state index contributed by atoms with van der Waals surface area (Å²) in [5, 5.41) is 2.25. The molecule has 0 fully saturated rings. The van der Waals surface area contributed by atoms with Gasteiger partial charge in [0.15, 0.2) is 0 Å². The zero-order valence-corrected chi connectivity index (χ0v) is 8.25. The van der Waals surface area contributed by atoms with Crippen LogP contribution in [-0.4, -0.2) is 17.6 Å². The van der Waals surface area contributed by atoms with Crippen molar-refractivity contribution in [3.63, 3.8) is 0 Å². The third-order valence-electron chi connectivity index (χ3n) is 1.60. The van der Waals surface area contributed by atoms with Crippen LogP contribution in [0.15, 0.2) is 24.3 Å². The number of hydrogen-bond acceptors (Lipinski definition) is 3. The van der Waals surface area contributed by atoms with Crippen LogP contribution in [0, 0.1) is 0 Å². The Morgan fingerprint density at radius 1 is 1.29 bits per heavy atom. The first-order valence-corrected chi connectivity index (χ1v) is 4.41. The van der Waals surface area contributed by atoms with Crippen LogP contribution < -0.4 is 11.1 Å². The van der Waals surface area contributed by atoms with Gasteiger partial charge in [0, 0.05) is 11.3 Å². The molecule has 3 N–H and O–H groups in total. The lowest BCUT2D eigenvalue weighted by molar-refractivity contribution is -0.114. The van der Waals surface area contributed by atoms with Crippen LogP contribution in [-0.2, 0) is 4.79 Å². The maximum absolute atomic E-state index is 10.9. The highest BCUT2D eigenvalue weighted by molar-refractivity contribution is 7.97. The maximum Gasteiger partial charge on any atom is 0.238 e. The molecule has 0 aliphatic carbocycles. The van der Waals surface area contributed by atoms with E-state index in [0.29, 0.717) is 11.3 Å². The molecule has 0 heterocycles. The lowest BCUT2D eigenvalue weighted by Gasteiger charge is -2.03. The molecule has 0 bridgehead atoms. The standard InChI is InChI=1S/C9H10N2O2S/c10-5-8(12)11-7-3-1-6(2-4-7)9(13)14/h1-4H,5,10H2,(H,11,12)(H,13,14). The highest BCUT2D eigenvalue weighted by Crippen LogP contribution is 2.10. The molecule has 0 aliphatic heterocycles. The van der Waals surface area contributed by atoms with Crippen molar-refractivity contribution in [2.45, 2.75) is 0 Å². The molecule has 0 radical (unpaired) electrons. The molecular weight excluding hydrogens is 200 g/mol. The summed E-state index contributed by atoms with van der Waals surface area (Å²) in [5.41, 5.74) is 6.21. The Kier molecular flexibility index (Phi) is 3.67. The Morgan fingerprint density at radius 3 is 2.29 bits per heavy atom. The van der Waals surface area contributed by atoms with Gasteiger partial charge in [-0.3, -0.25) is 9.59 Å². The van der Waals surface area contributed by atoms with Crippen LogP contribution in [0.4, 0.5) is 5.69 Å². The first kappa shape index (κ1) is 10.7. The Balaban J connectivity index is 2.73. The first-order chi connectivity index (χ1) is 6.63. The number of thiol groups is 1. The van der Waals surface area contributed by atoms with Gasteiger partial charge in [0.2, 0.25) is 11.0 Å². The van der Waals surface area contributed by atoms with Crippen molar-refractivity contribution in [1.29, 1.82) is 0 Å². The maximum atomic E-state index is 10.9. The summed E-state index contributed by atoms with van der Waals surface area (Å²) in [6.07, 6.45) is 0. The highest BCUT2D eigenvalue weighted by Gasteiger charge is 2.01. The molecule has 74 valence electrons. The molecule has 0 aromatic heterocycles. The number of rotatable bonds is 3. The quantitative estimate of drug-likeness (QED) is 0.641. The number of nitrogens with one attached hydrogen (secondary N) is 1. The van der Waals surface area contributed by atoms with E-state index in [1.165, 1.54) is 0 Å². The van der Waals surface area contributed by atoms with Gasteiger partial charge in [-0.2, -0.15) is 0 Å². The van der Waals surface area contributed by atoms with Crippen molar-refractivity contribution < 1.29 is 9.59 Å². The van der Waals surface area contributed by atoms with Crippen LogP contribution in [0.3, 0.4) is 0 Å². The van der Waals surface area contributed by atoms with E-state index < -0.39 is 0 Å². The van der Waals surface area contributed by atoms with E-state index in [-0.39, 0.29) is 17.6 Å². The molecule has 0 saturated carbocycles. The normalized spacial score (nSPS) is 9.57. The SMILES string of the molecule is NCC(=O)Nc1ccc(C(=O)S)cc1. The van der Waals surface area contributed by atoms with E-state index in [1.807, 2.05) is 0 Å². The van der Waals surface area contributed by atoms with Crippen LogP contribution in [0.25, 0.3) is 0 Å². The van der Waals surface area contributed by atoms with E-state index in [2.05, 4.69) is 17.9 Å². The summed E-state index contributed by atoms with van der Waals surface area (Å²) in [6.45, 7) is -0.0623. The Hall–Kier alpha value is -1.33. The summed E-state index contributed by atoms with van der Waals surface area (Å²) in [7, 11) is 0. The van der Waals surface area contributed by atoms with Gasteiger partial charge in [0.1, 0.15) is 0 Å². The van der Waals surface area contributed by atoms with Crippen molar-refractivity contribution in [3.05, 3.63) is 29.8 Å². The molecule has 1 aromatic carbocycles. The average Bonchev–Trinajstić information content (AvgIpc) is 2.18. The fraction of sp³-hybridized carbons (Fsp3) is 0.111. The second-order valence-corrected chi connectivity index (χ2v) is 3.04. The largest absolute Gasteiger partial charge is 0.325 e. The van der Waals surface area contributed by atoms with E-state index >= 15 is 0 Å². The molecule has 14 heavy (non-hydrogen) atoms. The molecule has 0 aliphatic rings. The zero-order chi connectivity index (χ0) is 10.6. The topological polar surface area (TPSA) is 72.2 Å². The minimum absolute atomic E-state index is 0.0623. The van der Waals surface area contributed by atoms with E-state index in [9.17, 15) is 9.59 Å². The van der Waals surface area contributed by atoms with Crippen LogP contribution in [0.1, 0.15) is 10.4 Å². The first-order valence-electron chi connectivity index (χ1n) is 3.97. The van der Waals surface area contributed by atoms with Crippen molar-refractivity contribution >= 4 is 29.3 Å². The smallest absolute Gasteiger partial charge is 0.238 e. The zero-order valence-electron chi connectivity index (χ0n) is 7.36. The Morgan fingerprint density at radius 2 is 1.86 bits per heavy atom. The molecule has 4 nitrogen and oxygen atoms in total. The molecule has 1 rings (SSSR count). The van der Waals surface area contributed by atoms with Gasteiger partial charge in [-0.15, -0.1) is 12.6 Å². The van der Waals surface area contributed by atoms with E-state index in [0.717, 1.165) is 0 Å². The number of benzene rings is 1. The fourth-order valence-corrected chi connectivity index (χ4v) is 1.06. The minimum Gasteiger partial charge on any atom is -0.325 e. The third kappa shape index (κ3) is 2.86. The van der Waals surface area contributed by atoms with Crippen LogP contribution >= 0.6 is 12.6 Å². The lowest BCUT2D eigenvalue weighted by atomic mass is 10.2. The monoisotopic (exact) mass is 210 g/mol. The summed E-state index contributed by atoms with van der Waals surface area (Å²) in [5.74, 6) is -0.269. The average molecular weight is 210 g/mol. The second kappa shape index (κ2) is 4.78. The van der Waals surface area contributed by atoms with Gasteiger partial charge in [-0.05, 0) is 24.3 Å². The number of anilines is 1. The van der Waals surface area contributed by atoms with Crippen molar-refractivity contribution in [3.8, 4) is 0 Å². The summed E-state index contributed by atoms with van der Waals surface area (Å²) < 4.78 is 0. The predicted molar refractivity (Wildman–Crippen MR) is 57.4 cm³/mol. The third-order valence-corrected chi connectivity index (χ3v) is 1.86. The molecule has 1 aromatic rings. The number of carbonyl (C=O) groups excluding carboxylic acids is 2. The molecule has 0 unspecified atom stereocenters. The Bertz CT molecular complexity index is 348. The molecule has 0 spiro atoms. The van der Waals surface area contributed by atoms with Gasteiger partial charge in [0.25, 0.3) is 0 Å². The molecule has 0 atom stereocenters. The summed E-state index contributed by atoms with van der Waals surface area (Å²) >= 11 is 3.66. The summed E-state index contributed by atoms with van der Waals surface area (Å²) in [6, 6.07) is 6.41. The van der Waals surface area contributed by atoms with Crippen LogP contribution in [0.5, 0.6) is 0 Å². The molecule has 1 amide bonds. The van der Waals surface area contributed by atoms with Gasteiger partial charge in [-0.25, -0.2) is 0 Å². The van der Waals surface area contributed by atoms with Crippen molar-refractivity contribution in [1.82, 2.24) is 0 Å². The predicted octanol–water partition coefficient (Wildman–Crippen LogP) is 0.654. The number of nitrogens with two attached hydrogens (primary N) is 1. The number of amides is 1. The second-order valence-electron chi connectivity index (χ2n) is 2.63. The van der Waals surface area contributed by atoms with Crippen molar-refractivity contribution in [2.24, 2.45) is 5.73 Å². The lowest BCUT2D eigenvalue weighted by Crippen LogP contribution is -2.21. The van der Waals surface area contributed by atoms with Gasteiger partial charge in [-0.1, -0.05) is 0 Å². The van der Waals surface area contributed by atoms with E-state index in [1.54, 1.807) is 24.3 Å². The fourth-order valence-electron chi connectivity index (χ4n) is 0.908. The Labute approximate surface area is 86.9 Å². The minimum atomic E-state index is -0.304. The van der Waals surface area contributed by atoms with Crippen LogP contribution in [0.2, 0.25) is 0 Å². The highest BCUT2D eigenvalue weighted by atomic mass is 32.1.